The van der Waals surface area contributed by atoms with Gasteiger partial charge in [0, 0.05) is 24.7 Å². The van der Waals surface area contributed by atoms with Gasteiger partial charge < -0.3 is 4.90 Å². The van der Waals surface area contributed by atoms with E-state index in [1.165, 1.54) is 18.2 Å². The summed E-state index contributed by atoms with van der Waals surface area (Å²) in [6, 6.07) is 12.7. The van der Waals surface area contributed by atoms with Crippen LogP contribution in [0.3, 0.4) is 0 Å². The monoisotopic (exact) mass is 357 g/mol. The predicted molar refractivity (Wildman–Crippen MR) is 94.3 cm³/mol. The minimum atomic E-state index is -0.558. The van der Waals surface area contributed by atoms with Crippen LogP contribution in [-0.2, 0) is 6.54 Å². The van der Waals surface area contributed by atoms with E-state index in [-0.39, 0.29) is 28.2 Å². The number of nitrogens with zero attached hydrogens (tertiary/aromatic N) is 3. The number of nitro benzene ring substituents is 1. The van der Waals surface area contributed by atoms with Crippen LogP contribution in [0.4, 0.5) is 5.69 Å². The third-order valence-corrected chi connectivity index (χ3v) is 4.03. The fourth-order valence-electron chi connectivity index (χ4n) is 2.32. The number of benzene rings is 2. The van der Waals surface area contributed by atoms with E-state index in [2.05, 4.69) is 0 Å². The summed E-state index contributed by atoms with van der Waals surface area (Å²) in [6.45, 7) is 4.09. The molecule has 0 bridgehead atoms. The van der Waals surface area contributed by atoms with Gasteiger partial charge in [0.1, 0.15) is 0 Å². The van der Waals surface area contributed by atoms with Gasteiger partial charge in [-0.1, -0.05) is 23.7 Å². The molecule has 0 aliphatic carbocycles. The lowest BCUT2D eigenvalue weighted by molar-refractivity contribution is -0.384. The molecule has 2 aromatic rings. The highest BCUT2D eigenvalue weighted by atomic mass is 35.5. The number of halogens is 1. The molecule has 0 unspecified atom stereocenters. The van der Waals surface area contributed by atoms with Crippen LogP contribution in [-0.4, -0.2) is 21.8 Å². The molecule has 0 radical (unpaired) electrons. The van der Waals surface area contributed by atoms with Gasteiger partial charge in [-0.25, -0.2) is 0 Å². The second-order valence-corrected chi connectivity index (χ2v) is 6.16. The summed E-state index contributed by atoms with van der Waals surface area (Å²) >= 11 is 6.07. The molecule has 0 aromatic heterocycles. The Bertz CT molecular complexity index is 842. The molecule has 128 valence electrons. The molecule has 0 N–H and O–H groups in total. The maximum Gasteiger partial charge on any atom is 0.270 e. The van der Waals surface area contributed by atoms with E-state index in [9.17, 15) is 14.9 Å². The molecule has 2 aromatic carbocycles. The third-order valence-electron chi connectivity index (χ3n) is 3.71. The van der Waals surface area contributed by atoms with E-state index in [0.717, 1.165) is 5.56 Å². The van der Waals surface area contributed by atoms with Crippen LogP contribution in [0.25, 0.3) is 0 Å². The lowest BCUT2D eigenvalue weighted by Gasteiger charge is -2.27. The zero-order valence-electron chi connectivity index (χ0n) is 13.8. The first-order chi connectivity index (χ1) is 11.8. The van der Waals surface area contributed by atoms with Crippen LogP contribution in [0.2, 0.25) is 5.02 Å². The van der Waals surface area contributed by atoms with Crippen molar-refractivity contribution in [1.29, 1.82) is 5.26 Å². The minimum absolute atomic E-state index is 0.0460. The Morgan fingerprint density at radius 1 is 1.28 bits per heavy atom. The number of hydrogen-bond donors (Lipinski definition) is 0. The van der Waals surface area contributed by atoms with Crippen molar-refractivity contribution in [2.75, 3.05) is 0 Å². The van der Waals surface area contributed by atoms with E-state index < -0.39 is 4.92 Å². The molecule has 0 saturated carbocycles. The highest BCUT2D eigenvalue weighted by Gasteiger charge is 2.22. The quantitative estimate of drug-likeness (QED) is 0.593. The topological polar surface area (TPSA) is 87.2 Å². The maximum atomic E-state index is 12.8. The average molecular weight is 358 g/mol. The predicted octanol–water partition coefficient (Wildman–Crippen LogP) is 4.17. The van der Waals surface area contributed by atoms with Crippen LogP contribution in [0.15, 0.2) is 42.5 Å². The van der Waals surface area contributed by atoms with Gasteiger partial charge in [0.05, 0.1) is 27.1 Å². The summed E-state index contributed by atoms with van der Waals surface area (Å²) in [5, 5.41) is 19.7. The lowest BCUT2D eigenvalue weighted by atomic mass is 10.1. The van der Waals surface area contributed by atoms with Gasteiger partial charge in [0.15, 0.2) is 0 Å². The summed E-state index contributed by atoms with van der Waals surface area (Å²) in [7, 11) is 0. The molecular weight excluding hydrogens is 342 g/mol. The Balaban J connectivity index is 2.28. The summed E-state index contributed by atoms with van der Waals surface area (Å²) < 4.78 is 0. The number of nitro groups is 1. The highest BCUT2D eigenvalue weighted by Crippen LogP contribution is 2.25. The molecule has 0 heterocycles. The Labute approximate surface area is 150 Å². The summed E-state index contributed by atoms with van der Waals surface area (Å²) in [5.74, 6) is -0.306. The number of carbonyl (C=O) groups is 1. The van der Waals surface area contributed by atoms with E-state index in [1.807, 2.05) is 19.9 Å². The first-order valence-electron chi connectivity index (χ1n) is 7.57. The third kappa shape index (κ3) is 4.34. The van der Waals surface area contributed by atoms with Crippen LogP contribution in [0, 0.1) is 21.4 Å². The molecule has 1 amide bonds. The molecule has 0 aliphatic rings. The number of carbonyl (C=O) groups excluding carboxylic acids is 1. The zero-order valence-corrected chi connectivity index (χ0v) is 14.5. The first-order valence-corrected chi connectivity index (χ1v) is 7.95. The van der Waals surface area contributed by atoms with Crippen molar-refractivity contribution >= 4 is 23.2 Å². The number of rotatable bonds is 5. The molecule has 0 saturated heterocycles. The Kier molecular flexibility index (Phi) is 5.73. The Hall–Kier alpha value is -2.91. The second-order valence-electron chi connectivity index (χ2n) is 5.76. The standard InChI is InChI=1S/C18H16ClN3O3/c1-12(2)21(11-14-5-3-13(10-20)4-6-14)18(23)16-8-7-15(22(24)25)9-17(16)19/h3-9,12H,11H2,1-2H3. The summed E-state index contributed by atoms with van der Waals surface area (Å²) in [6.07, 6.45) is 0. The second kappa shape index (κ2) is 7.77. The molecule has 0 fully saturated rings. The molecule has 0 aliphatic heterocycles. The summed E-state index contributed by atoms with van der Waals surface area (Å²) in [5.41, 5.74) is 1.48. The van der Waals surface area contributed by atoms with Gasteiger partial charge in [0.25, 0.3) is 11.6 Å². The van der Waals surface area contributed by atoms with E-state index in [1.54, 1.807) is 29.2 Å². The normalized spacial score (nSPS) is 10.4. The number of nitriles is 1. The van der Waals surface area contributed by atoms with E-state index >= 15 is 0 Å². The van der Waals surface area contributed by atoms with Crippen LogP contribution in [0.5, 0.6) is 0 Å². The van der Waals surface area contributed by atoms with Crippen molar-refractivity contribution in [2.24, 2.45) is 0 Å². The van der Waals surface area contributed by atoms with Gasteiger partial charge in [0.2, 0.25) is 0 Å². The van der Waals surface area contributed by atoms with Gasteiger partial charge >= 0.3 is 0 Å². The van der Waals surface area contributed by atoms with Gasteiger partial charge in [-0.15, -0.1) is 0 Å². The fourth-order valence-corrected chi connectivity index (χ4v) is 2.57. The zero-order chi connectivity index (χ0) is 18.6. The van der Waals surface area contributed by atoms with Crippen molar-refractivity contribution in [3.63, 3.8) is 0 Å². The molecule has 7 heteroatoms. The largest absolute Gasteiger partial charge is 0.332 e. The van der Waals surface area contributed by atoms with E-state index in [4.69, 9.17) is 16.9 Å². The van der Waals surface area contributed by atoms with Crippen molar-refractivity contribution in [3.05, 3.63) is 74.3 Å². The van der Waals surface area contributed by atoms with Gasteiger partial charge in [-0.05, 0) is 37.6 Å². The molecule has 0 atom stereocenters. The first kappa shape index (κ1) is 18.4. The Morgan fingerprint density at radius 3 is 2.40 bits per heavy atom. The number of non-ortho nitro benzene ring substituents is 1. The molecule has 2 rings (SSSR count). The van der Waals surface area contributed by atoms with Crippen molar-refractivity contribution in [2.45, 2.75) is 26.4 Å². The number of hydrogen-bond acceptors (Lipinski definition) is 4. The fraction of sp³-hybridized carbons (Fsp3) is 0.222. The highest BCUT2D eigenvalue weighted by molar-refractivity contribution is 6.34. The molecular formula is C18H16ClN3O3. The molecule has 25 heavy (non-hydrogen) atoms. The smallest absolute Gasteiger partial charge is 0.270 e. The summed E-state index contributed by atoms with van der Waals surface area (Å²) in [4.78, 5) is 24.7. The van der Waals surface area contributed by atoms with Crippen molar-refractivity contribution in [1.82, 2.24) is 4.90 Å². The van der Waals surface area contributed by atoms with E-state index in [0.29, 0.717) is 12.1 Å². The van der Waals surface area contributed by atoms with Crippen molar-refractivity contribution < 1.29 is 9.72 Å². The Morgan fingerprint density at radius 2 is 1.92 bits per heavy atom. The lowest BCUT2D eigenvalue weighted by Crippen LogP contribution is -2.36. The van der Waals surface area contributed by atoms with Gasteiger partial charge in [-0.3, -0.25) is 14.9 Å². The van der Waals surface area contributed by atoms with Gasteiger partial charge in [-0.2, -0.15) is 5.26 Å². The maximum absolute atomic E-state index is 12.8. The average Bonchev–Trinajstić information content (AvgIpc) is 2.59. The molecule has 0 spiro atoms. The van der Waals surface area contributed by atoms with Crippen LogP contribution < -0.4 is 0 Å². The SMILES string of the molecule is CC(C)N(Cc1ccc(C#N)cc1)C(=O)c1ccc([N+](=O)[O-])cc1Cl. The molecule has 6 nitrogen and oxygen atoms in total. The van der Waals surface area contributed by atoms with Crippen LogP contribution in [0.1, 0.15) is 35.3 Å². The van der Waals surface area contributed by atoms with Crippen molar-refractivity contribution in [3.8, 4) is 6.07 Å². The minimum Gasteiger partial charge on any atom is -0.332 e. The van der Waals surface area contributed by atoms with Crippen LogP contribution >= 0.6 is 11.6 Å². The number of amides is 1.